The Morgan fingerprint density at radius 1 is 0.950 bits per heavy atom. The molecular formula is C17H20N2O. The third-order valence-electron chi connectivity index (χ3n) is 3.16. The van der Waals surface area contributed by atoms with Crippen molar-refractivity contribution in [3.63, 3.8) is 0 Å². The second-order valence-electron chi connectivity index (χ2n) is 4.64. The third kappa shape index (κ3) is 4.21. The van der Waals surface area contributed by atoms with Crippen LogP contribution in [0, 0.1) is 0 Å². The quantitative estimate of drug-likeness (QED) is 0.845. The van der Waals surface area contributed by atoms with Gasteiger partial charge in [0.1, 0.15) is 0 Å². The number of para-hydroxylation sites is 1. The van der Waals surface area contributed by atoms with E-state index in [4.69, 9.17) is 0 Å². The van der Waals surface area contributed by atoms with Crippen molar-refractivity contribution < 1.29 is 4.79 Å². The van der Waals surface area contributed by atoms with Gasteiger partial charge in [0.15, 0.2) is 0 Å². The molecule has 3 nitrogen and oxygen atoms in total. The largest absolute Gasteiger partial charge is 0.325 e. The molecule has 3 heteroatoms. The molecule has 0 aliphatic carbocycles. The summed E-state index contributed by atoms with van der Waals surface area (Å²) in [6, 6.07) is 17.8. The molecule has 0 fully saturated rings. The maximum absolute atomic E-state index is 11.8. The van der Waals surface area contributed by atoms with Crippen molar-refractivity contribution >= 4 is 11.6 Å². The average Bonchev–Trinajstić information content (AvgIpc) is 2.49. The Bertz CT molecular complexity index is 552. The van der Waals surface area contributed by atoms with Crippen LogP contribution in [-0.2, 0) is 17.8 Å². The zero-order chi connectivity index (χ0) is 14.2. The van der Waals surface area contributed by atoms with Gasteiger partial charge in [0.2, 0.25) is 5.91 Å². The van der Waals surface area contributed by atoms with Gasteiger partial charge in [-0.1, -0.05) is 49.4 Å². The number of hydrogen-bond donors (Lipinski definition) is 2. The van der Waals surface area contributed by atoms with E-state index in [-0.39, 0.29) is 5.91 Å². The monoisotopic (exact) mass is 268 g/mol. The summed E-state index contributed by atoms with van der Waals surface area (Å²) in [7, 11) is 0. The minimum Gasteiger partial charge on any atom is -0.325 e. The molecule has 104 valence electrons. The first-order valence-corrected chi connectivity index (χ1v) is 6.92. The van der Waals surface area contributed by atoms with Crippen molar-refractivity contribution in [2.75, 3.05) is 11.9 Å². The van der Waals surface area contributed by atoms with Crippen LogP contribution in [-0.4, -0.2) is 12.5 Å². The van der Waals surface area contributed by atoms with Gasteiger partial charge in [-0.05, 0) is 29.7 Å². The van der Waals surface area contributed by atoms with E-state index >= 15 is 0 Å². The lowest BCUT2D eigenvalue weighted by molar-refractivity contribution is -0.115. The SMILES string of the molecule is CCc1ccccc1CNCC(=O)Nc1ccccc1. The number of carbonyl (C=O) groups is 1. The maximum atomic E-state index is 11.8. The fourth-order valence-electron chi connectivity index (χ4n) is 2.11. The Morgan fingerprint density at radius 2 is 1.60 bits per heavy atom. The normalized spacial score (nSPS) is 10.2. The molecule has 0 saturated carbocycles. The van der Waals surface area contributed by atoms with E-state index < -0.39 is 0 Å². The molecule has 0 aliphatic rings. The van der Waals surface area contributed by atoms with Gasteiger partial charge >= 0.3 is 0 Å². The minimum absolute atomic E-state index is 0.0230. The van der Waals surface area contributed by atoms with Gasteiger partial charge in [0.05, 0.1) is 6.54 Å². The Balaban J connectivity index is 1.79. The summed E-state index contributed by atoms with van der Waals surface area (Å²) in [6.45, 7) is 3.17. The van der Waals surface area contributed by atoms with Crippen LogP contribution in [0.5, 0.6) is 0 Å². The molecule has 2 N–H and O–H groups in total. The lowest BCUT2D eigenvalue weighted by Gasteiger charge is -2.09. The Morgan fingerprint density at radius 3 is 2.30 bits per heavy atom. The first-order chi connectivity index (χ1) is 9.79. The van der Waals surface area contributed by atoms with E-state index in [1.807, 2.05) is 42.5 Å². The molecule has 0 bridgehead atoms. The fourth-order valence-corrected chi connectivity index (χ4v) is 2.11. The zero-order valence-electron chi connectivity index (χ0n) is 11.7. The number of nitrogens with one attached hydrogen (secondary N) is 2. The third-order valence-corrected chi connectivity index (χ3v) is 3.16. The van der Waals surface area contributed by atoms with E-state index in [1.165, 1.54) is 11.1 Å². The summed E-state index contributed by atoms with van der Waals surface area (Å²) in [4.78, 5) is 11.8. The number of anilines is 1. The summed E-state index contributed by atoms with van der Waals surface area (Å²) >= 11 is 0. The molecule has 0 saturated heterocycles. The van der Waals surface area contributed by atoms with Crippen LogP contribution in [0.1, 0.15) is 18.1 Å². The smallest absolute Gasteiger partial charge is 0.238 e. The summed E-state index contributed by atoms with van der Waals surface area (Å²) in [5.74, 6) is -0.0230. The highest BCUT2D eigenvalue weighted by Gasteiger charge is 2.03. The maximum Gasteiger partial charge on any atom is 0.238 e. The van der Waals surface area contributed by atoms with E-state index in [9.17, 15) is 4.79 Å². The van der Waals surface area contributed by atoms with Gasteiger partial charge in [-0.15, -0.1) is 0 Å². The molecule has 2 aromatic carbocycles. The van der Waals surface area contributed by atoms with Crippen molar-refractivity contribution in [3.8, 4) is 0 Å². The van der Waals surface area contributed by atoms with Crippen LogP contribution < -0.4 is 10.6 Å². The molecule has 2 rings (SSSR count). The summed E-state index contributed by atoms with van der Waals surface area (Å²) in [6.07, 6.45) is 1.01. The Kier molecular flexibility index (Phi) is 5.33. The van der Waals surface area contributed by atoms with Gasteiger partial charge in [-0.2, -0.15) is 0 Å². The molecule has 0 atom stereocenters. The van der Waals surface area contributed by atoms with Crippen molar-refractivity contribution in [1.82, 2.24) is 5.32 Å². The number of hydrogen-bond acceptors (Lipinski definition) is 2. The number of aryl methyl sites for hydroxylation is 1. The molecular weight excluding hydrogens is 248 g/mol. The van der Waals surface area contributed by atoms with Crippen LogP contribution in [0.2, 0.25) is 0 Å². The Labute approximate surface area is 120 Å². The van der Waals surface area contributed by atoms with Gasteiger partial charge in [-0.3, -0.25) is 4.79 Å². The van der Waals surface area contributed by atoms with Crippen LogP contribution in [0.4, 0.5) is 5.69 Å². The first-order valence-electron chi connectivity index (χ1n) is 6.92. The highest BCUT2D eigenvalue weighted by molar-refractivity contribution is 5.92. The second kappa shape index (κ2) is 7.46. The highest BCUT2D eigenvalue weighted by atomic mass is 16.1. The number of rotatable bonds is 6. The summed E-state index contributed by atoms with van der Waals surface area (Å²) in [5.41, 5.74) is 3.40. The molecule has 0 radical (unpaired) electrons. The van der Waals surface area contributed by atoms with Crippen molar-refractivity contribution in [2.24, 2.45) is 0 Å². The summed E-state index contributed by atoms with van der Waals surface area (Å²) in [5, 5.41) is 6.04. The minimum atomic E-state index is -0.0230. The van der Waals surface area contributed by atoms with E-state index in [0.717, 1.165) is 12.1 Å². The highest BCUT2D eigenvalue weighted by Crippen LogP contribution is 2.09. The molecule has 0 heterocycles. The first kappa shape index (κ1) is 14.3. The van der Waals surface area contributed by atoms with Crippen molar-refractivity contribution in [3.05, 3.63) is 65.7 Å². The van der Waals surface area contributed by atoms with Gasteiger partial charge in [0.25, 0.3) is 0 Å². The van der Waals surface area contributed by atoms with Crippen LogP contribution >= 0.6 is 0 Å². The molecule has 0 aromatic heterocycles. The van der Waals surface area contributed by atoms with Gasteiger partial charge in [0, 0.05) is 12.2 Å². The molecule has 0 unspecified atom stereocenters. The average molecular weight is 268 g/mol. The van der Waals surface area contributed by atoms with Gasteiger partial charge in [-0.25, -0.2) is 0 Å². The van der Waals surface area contributed by atoms with Crippen molar-refractivity contribution in [1.29, 1.82) is 0 Å². The number of benzene rings is 2. The lowest BCUT2D eigenvalue weighted by Crippen LogP contribution is -2.28. The second-order valence-corrected chi connectivity index (χ2v) is 4.64. The molecule has 20 heavy (non-hydrogen) atoms. The molecule has 0 spiro atoms. The molecule has 1 amide bonds. The number of amides is 1. The van der Waals surface area contributed by atoms with Crippen LogP contribution in [0.25, 0.3) is 0 Å². The van der Waals surface area contributed by atoms with Gasteiger partial charge < -0.3 is 10.6 Å². The standard InChI is InChI=1S/C17H20N2O/c1-2-14-8-6-7-9-15(14)12-18-13-17(20)19-16-10-4-3-5-11-16/h3-11,18H,2,12-13H2,1H3,(H,19,20). The van der Waals surface area contributed by atoms with Crippen LogP contribution in [0.15, 0.2) is 54.6 Å². The topological polar surface area (TPSA) is 41.1 Å². The predicted molar refractivity (Wildman–Crippen MR) is 82.6 cm³/mol. The molecule has 0 aliphatic heterocycles. The predicted octanol–water partition coefficient (Wildman–Crippen LogP) is 2.98. The summed E-state index contributed by atoms with van der Waals surface area (Å²) < 4.78 is 0. The zero-order valence-corrected chi connectivity index (χ0v) is 11.7. The molecule has 2 aromatic rings. The van der Waals surface area contributed by atoms with Crippen molar-refractivity contribution in [2.45, 2.75) is 19.9 Å². The Hall–Kier alpha value is -2.13. The van der Waals surface area contributed by atoms with Crippen LogP contribution in [0.3, 0.4) is 0 Å². The number of carbonyl (C=O) groups excluding carboxylic acids is 1. The van der Waals surface area contributed by atoms with E-state index in [0.29, 0.717) is 13.1 Å². The van der Waals surface area contributed by atoms with E-state index in [2.05, 4.69) is 29.7 Å². The lowest BCUT2D eigenvalue weighted by atomic mass is 10.1. The fraction of sp³-hybridized carbons (Fsp3) is 0.235. The van der Waals surface area contributed by atoms with E-state index in [1.54, 1.807) is 0 Å².